The van der Waals surface area contributed by atoms with Crippen LogP contribution in [0.4, 0.5) is 0 Å². The average Bonchev–Trinajstić information content (AvgIpc) is 3.66. The number of carbonyl (C=O) groups excluding carboxylic acids is 1. The second-order valence-corrected chi connectivity index (χ2v) is 12.1. The topological polar surface area (TPSA) is 80.3 Å². The van der Waals surface area contributed by atoms with Gasteiger partial charge in [-0.1, -0.05) is 36.4 Å². The molecular formula is C30H34N2O5. The molecule has 9 rings (SSSR count). The van der Waals surface area contributed by atoms with Crippen molar-refractivity contribution in [2.75, 3.05) is 20.2 Å². The molecule has 2 spiro atoms. The quantitative estimate of drug-likeness (QED) is 0.633. The third-order valence-electron chi connectivity index (χ3n) is 10.4. The van der Waals surface area contributed by atoms with Gasteiger partial charge in [0, 0.05) is 24.7 Å². The molecule has 6 atom stereocenters. The van der Waals surface area contributed by atoms with Crippen molar-refractivity contribution in [3.8, 4) is 11.5 Å². The zero-order valence-corrected chi connectivity index (χ0v) is 21.2. The zero-order chi connectivity index (χ0) is 25.0. The number of methoxy groups -OCH3 is 1. The molecule has 37 heavy (non-hydrogen) atoms. The Hall–Kier alpha value is -2.61. The van der Waals surface area contributed by atoms with Gasteiger partial charge in [0.1, 0.15) is 11.7 Å². The molecule has 2 N–H and O–H groups in total. The minimum Gasteiger partial charge on any atom is -0.493 e. The van der Waals surface area contributed by atoms with Gasteiger partial charge in [0.25, 0.3) is 5.91 Å². The molecule has 5 fully saturated rings. The summed E-state index contributed by atoms with van der Waals surface area (Å²) in [6, 6.07) is 14.2. The van der Waals surface area contributed by atoms with Crippen LogP contribution in [0, 0.1) is 5.92 Å². The molecule has 4 aliphatic heterocycles. The van der Waals surface area contributed by atoms with E-state index in [0.29, 0.717) is 18.7 Å². The van der Waals surface area contributed by atoms with Gasteiger partial charge in [-0.05, 0) is 68.2 Å². The molecule has 194 valence electrons. The van der Waals surface area contributed by atoms with Gasteiger partial charge >= 0.3 is 0 Å². The molecule has 0 aromatic heterocycles. The van der Waals surface area contributed by atoms with Crippen molar-refractivity contribution in [3.63, 3.8) is 0 Å². The lowest BCUT2D eigenvalue weighted by Gasteiger charge is -2.72. The van der Waals surface area contributed by atoms with Crippen LogP contribution in [0.2, 0.25) is 0 Å². The number of benzene rings is 2. The molecule has 1 amide bonds. The molecule has 2 aromatic rings. The van der Waals surface area contributed by atoms with Crippen LogP contribution in [0.1, 0.15) is 48.8 Å². The zero-order valence-electron chi connectivity index (χ0n) is 21.2. The van der Waals surface area contributed by atoms with Crippen molar-refractivity contribution < 1.29 is 24.1 Å². The largest absolute Gasteiger partial charge is 0.493 e. The van der Waals surface area contributed by atoms with Crippen LogP contribution in [0.3, 0.4) is 0 Å². The molecule has 4 bridgehead atoms. The second kappa shape index (κ2) is 7.49. The van der Waals surface area contributed by atoms with Gasteiger partial charge in [0.05, 0.1) is 18.1 Å². The number of hydrogen-bond acceptors (Lipinski definition) is 6. The Bertz CT molecular complexity index is 1280. The Morgan fingerprint density at radius 1 is 1.16 bits per heavy atom. The van der Waals surface area contributed by atoms with Gasteiger partial charge in [-0.25, -0.2) is 0 Å². The van der Waals surface area contributed by atoms with Crippen LogP contribution in [0.25, 0.3) is 0 Å². The van der Waals surface area contributed by atoms with Crippen LogP contribution in [0.15, 0.2) is 42.5 Å². The average molecular weight is 503 g/mol. The number of aliphatic hydroxyl groups is 1. The number of piperidine rings is 1. The van der Waals surface area contributed by atoms with E-state index in [1.165, 1.54) is 24.0 Å². The molecule has 2 saturated carbocycles. The number of amides is 1. The van der Waals surface area contributed by atoms with Crippen LogP contribution < -0.4 is 14.8 Å². The van der Waals surface area contributed by atoms with Crippen LogP contribution in [0.5, 0.6) is 11.5 Å². The van der Waals surface area contributed by atoms with E-state index in [2.05, 4.69) is 16.3 Å². The molecule has 3 aliphatic carbocycles. The lowest BCUT2D eigenvalue weighted by molar-refractivity contribution is -0.345. The van der Waals surface area contributed by atoms with E-state index >= 15 is 0 Å². The summed E-state index contributed by atoms with van der Waals surface area (Å²) in [5.74, 6) is 1.95. The first kappa shape index (κ1) is 22.4. The van der Waals surface area contributed by atoms with E-state index in [1.54, 1.807) is 7.11 Å². The molecule has 7 heteroatoms. The number of carbonyl (C=O) groups is 1. The number of nitrogens with one attached hydrogen (secondary N) is 1. The second-order valence-electron chi connectivity index (χ2n) is 12.1. The number of likely N-dealkylation sites (tertiary alicyclic amines) is 1. The summed E-state index contributed by atoms with van der Waals surface area (Å²) >= 11 is 0. The minimum atomic E-state index is -1.41. The Kier molecular flexibility index (Phi) is 4.53. The first-order chi connectivity index (χ1) is 18.0. The highest BCUT2D eigenvalue weighted by molar-refractivity contribution is 5.83. The fourth-order valence-corrected chi connectivity index (χ4v) is 8.63. The van der Waals surface area contributed by atoms with E-state index in [9.17, 15) is 9.90 Å². The summed E-state index contributed by atoms with van der Waals surface area (Å²) in [4.78, 5) is 16.4. The molecule has 3 saturated heterocycles. The smallest absolute Gasteiger partial charge is 0.252 e. The van der Waals surface area contributed by atoms with Gasteiger partial charge in [-0.2, -0.15) is 0 Å². The molecule has 0 radical (unpaired) electrons. The third kappa shape index (κ3) is 2.75. The van der Waals surface area contributed by atoms with Gasteiger partial charge in [0.2, 0.25) is 0 Å². The molecule has 7 aliphatic rings. The summed E-state index contributed by atoms with van der Waals surface area (Å²) < 4.78 is 19.5. The summed E-state index contributed by atoms with van der Waals surface area (Å²) in [5.41, 5.74) is 0.999. The summed E-state index contributed by atoms with van der Waals surface area (Å²) in [6.07, 6.45) is 4.03. The highest BCUT2D eigenvalue weighted by atomic mass is 16.6. The highest BCUT2D eigenvalue weighted by Crippen LogP contribution is 2.71. The van der Waals surface area contributed by atoms with Gasteiger partial charge < -0.3 is 24.6 Å². The van der Waals surface area contributed by atoms with E-state index in [4.69, 9.17) is 14.2 Å². The maximum absolute atomic E-state index is 13.7. The standard InChI is InChI=1S/C30H34N2O5/c1-35-21-10-9-20-15-22-30-12-11-29(34,25(37-30)26(33)31-16-18-5-3-2-4-6-18)27-28(30,23(20)24(21)36-27)13-14-32(22)17-19-7-8-19/h2-6,9-10,19,22,25,27,34H,7-8,11-17H2,1H3,(H,31,33)/t22?,25-,27?,28?,29?,30?/m0/s1. The van der Waals surface area contributed by atoms with Crippen molar-refractivity contribution in [2.45, 2.75) is 79.9 Å². The SMILES string of the molecule is COc1ccc2c3c1OC1C4(O)CCC5(O[C@H]4C(=O)NCc4ccccc4)C(C2)N(CC2CC2)CCC315. The van der Waals surface area contributed by atoms with Crippen LogP contribution >= 0.6 is 0 Å². The lowest BCUT2D eigenvalue weighted by Crippen LogP contribution is -2.87. The molecule has 2 aromatic carbocycles. The molecule has 5 unspecified atom stereocenters. The lowest BCUT2D eigenvalue weighted by atomic mass is 9.44. The maximum atomic E-state index is 13.7. The molecule has 4 heterocycles. The van der Waals surface area contributed by atoms with Crippen LogP contribution in [-0.4, -0.2) is 65.6 Å². The van der Waals surface area contributed by atoms with Gasteiger partial charge in [-0.3, -0.25) is 9.69 Å². The molecule has 7 nitrogen and oxygen atoms in total. The Balaban J connectivity index is 1.23. The monoisotopic (exact) mass is 502 g/mol. The minimum absolute atomic E-state index is 0.161. The summed E-state index contributed by atoms with van der Waals surface area (Å²) in [7, 11) is 1.67. The first-order valence-electron chi connectivity index (χ1n) is 13.8. The van der Waals surface area contributed by atoms with Crippen LogP contribution in [-0.2, 0) is 27.9 Å². The Morgan fingerprint density at radius 2 is 2.00 bits per heavy atom. The van der Waals surface area contributed by atoms with Crippen molar-refractivity contribution in [1.82, 2.24) is 10.2 Å². The van der Waals surface area contributed by atoms with Crippen molar-refractivity contribution >= 4 is 5.91 Å². The highest BCUT2D eigenvalue weighted by Gasteiger charge is 2.82. The Morgan fingerprint density at radius 3 is 2.78 bits per heavy atom. The Labute approximate surface area is 217 Å². The fraction of sp³-hybridized carbons (Fsp3) is 0.567. The van der Waals surface area contributed by atoms with Crippen molar-refractivity contribution in [3.05, 3.63) is 59.2 Å². The number of ether oxygens (including phenoxy) is 3. The predicted octanol–water partition coefficient (Wildman–Crippen LogP) is 2.71. The number of hydrogen-bond donors (Lipinski definition) is 2. The predicted molar refractivity (Wildman–Crippen MR) is 136 cm³/mol. The fourth-order valence-electron chi connectivity index (χ4n) is 8.63. The third-order valence-corrected chi connectivity index (χ3v) is 10.4. The number of fused-ring (bicyclic) bond motifs is 2. The van der Waals surface area contributed by atoms with Gasteiger partial charge in [0.15, 0.2) is 17.6 Å². The van der Waals surface area contributed by atoms with Crippen molar-refractivity contribution in [1.29, 1.82) is 0 Å². The van der Waals surface area contributed by atoms with E-state index in [1.807, 2.05) is 36.4 Å². The normalized spacial score (nSPS) is 38.6. The first-order valence-corrected chi connectivity index (χ1v) is 13.8. The van der Waals surface area contributed by atoms with Gasteiger partial charge in [-0.15, -0.1) is 0 Å². The number of rotatable bonds is 6. The van der Waals surface area contributed by atoms with Crippen molar-refractivity contribution in [2.24, 2.45) is 5.92 Å². The maximum Gasteiger partial charge on any atom is 0.252 e. The van der Waals surface area contributed by atoms with E-state index in [-0.39, 0.29) is 11.9 Å². The summed E-state index contributed by atoms with van der Waals surface area (Å²) in [6.45, 7) is 2.45. The molecular weight excluding hydrogens is 468 g/mol. The van der Waals surface area contributed by atoms with E-state index < -0.39 is 28.8 Å². The number of nitrogens with zero attached hydrogens (tertiary/aromatic N) is 1. The summed E-state index contributed by atoms with van der Waals surface area (Å²) in [5, 5.41) is 15.4. The van der Waals surface area contributed by atoms with E-state index in [0.717, 1.165) is 49.6 Å².